The standard InChI is InChI=1S/C14H15N5O/c1-10-7-12(5-4-11(10)3-2-6-15)14(20)16-8-13-17-9-18-19-13/h4-5,7,9H,6,8,15H2,1H3,(H,16,20)(H,17,18,19). The number of H-pyrrole nitrogens is 1. The molecule has 0 aliphatic heterocycles. The molecule has 0 atom stereocenters. The maximum Gasteiger partial charge on any atom is 0.251 e. The van der Waals surface area contributed by atoms with Crippen LogP contribution in [-0.4, -0.2) is 27.6 Å². The van der Waals surface area contributed by atoms with Crippen LogP contribution in [0.1, 0.15) is 27.3 Å². The van der Waals surface area contributed by atoms with E-state index in [1.54, 1.807) is 12.1 Å². The second kappa shape index (κ2) is 6.50. The molecule has 1 heterocycles. The number of carbonyl (C=O) groups is 1. The molecule has 0 spiro atoms. The van der Waals surface area contributed by atoms with E-state index in [9.17, 15) is 4.79 Å². The fraction of sp³-hybridized carbons (Fsp3) is 0.214. The Morgan fingerprint density at radius 2 is 2.35 bits per heavy atom. The molecule has 0 saturated heterocycles. The first-order valence-corrected chi connectivity index (χ1v) is 6.12. The molecule has 1 aromatic carbocycles. The van der Waals surface area contributed by atoms with Crippen molar-refractivity contribution < 1.29 is 4.79 Å². The highest BCUT2D eigenvalue weighted by Gasteiger charge is 2.07. The summed E-state index contributed by atoms with van der Waals surface area (Å²) in [6.07, 6.45) is 1.40. The molecule has 102 valence electrons. The van der Waals surface area contributed by atoms with Crippen molar-refractivity contribution >= 4 is 5.91 Å². The molecule has 0 aliphatic carbocycles. The van der Waals surface area contributed by atoms with Gasteiger partial charge in [0.05, 0.1) is 13.1 Å². The molecule has 0 bridgehead atoms. The number of rotatable bonds is 3. The molecule has 0 fully saturated rings. The molecule has 4 N–H and O–H groups in total. The van der Waals surface area contributed by atoms with E-state index in [2.05, 4.69) is 32.3 Å². The quantitative estimate of drug-likeness (QED) is 0.701. The number of aromatic nitrogens is 3. The van der Waals surface area contributed by atoms with Gasteiger partial charge in [0.1, 0.15) is 12.2 Å². The fourth-order valence-electron chi connectivity index (χ4n) is 1.67. The topological polar surface area (TPSA) is 96.7 Å². The van der Waals surface area contributed by atoms with Crippen LogP contribution in [0.5, 0.6) is 0 Å². The Morgan fingerprint density at radius 1 is 1.50 bits per heavy atom. The van der Waals surface area contributed by atoms with Crippen molar-refractivity contribution in [3.63, 3.8) is 0 Å². The average molecular weight is 269 g/mol. The Labute approximate surface area is 116 Å². The van der Waals surface area contributed by atoms with Gasteiger partial charge >= 0.3 is 0 Å². The monoisotopic (exact) mass is 269 g/mol. The number of amides is 1. The molecule has 0 unspecified atom stereocenters. The van der Waals surface area contributed by atoms with Crippen LogP contribution in [-0.2, 0) is 6.54 Å². The van der Waals surface area contributed by atoms with E-state index in [0.717, 1.165) is 11.1 Å². The van der Waals surface area contributed by atoms with Crippen molar-refractivity contribution in [2.75, 3.05) is 6.54 Å². The predicted molar refractivity (Wildman–Crippen MR) is 74.7 cm³/mol. The Bertz CT molecular complexity index is 652. The Hall–Kier alpha value is -2.65. The molecule has 2 aromatic rings. The molecule has 6 nitrogen and oxygen atoms in total. The molecule has 1 amide bonds. The number of hydrogen-bond donors (Lipinski definition) is 3. The lowest BCUT2D eigenvalue weighted by molar-refractivity contribution is 0.0950. The fourth-order valence-corrected chi connectivity index (χ4v) is 1.67. The zero-order valence-corrected chi connectivity index (χ0v) is 11.1. The lowest BCUT2D eigenvalue weighted by Gasteiger charge is -2.05. The summed E-state index contributed by atoms with van der Waals surface area (Å²) in [5.74, 6) is 6.21. The first-order chi connectivity index (χ1) is 9.70. The molecule has 2 rings (SSSR count). The van der Waals surface area contributed by atoms with Gasteiger partial charge in [0.25, 0.3) is 5.91 Å². The number of nitrogens with two attached hydrogens (primary N) is 1. The molecule has 20 heavy (non-hydrogen) atoms. The molecular formula is C14H15N5O. The number of benzene rings is 1. The van der Waals surface area contributed by atoms with Gasteiger partial charge in [0, 0.05) is 11.1 Å². The van der Waals surface area contributed by atoms with Crippen LogP contribution in [0.2, 0.25) is 0 Å². The SMILES string of the molecule is Cc1cc(C(=O)NCc2ncn[nH]2)ccc1C#CCN. The zero-order valence-electron chi connectivity index (χ0n) is 11.1. The highest BCUT2D eigenvalue weighted by Crippen LogP contribution is 2.10. The van der Waals surface area contributed by atoms with E-state index >= 15 is 0 Å². The second-order valence-corrected chi connectivity index (χ2v) is 4.15. The highest BCUT2D eigenvalue weighted by molar-refractivity contribution is 5.94. The minimum atomic E-state index is -0.164. The van der Waals surface area contributed by atoms with E-state index in [4.69, 9.17) is 5.73 Å². The van der Waals surface area contributed by atoms with Crippen molar-refractivity contribution in [1.29, 1.82) is 0 Å². The molecule has 0 radical (unpaired) electrons. The first kappa shape index (κ1) is 13.8. The normalized spacial score (nSPS) is 9.70. The number of aromatic amines is 1. The van der Waals surface area contributed by atoms with Gasteiger partial charge in [0.2, 0.25) is 0 Å². The van der Waals surface area contributed by atoms with Gasteiger partial charge in [0.15, 0.2) is 0 Å². The van der Waals surface area contributed by atoms with Crippen molar-refractivity contribution in [2.45, 2.75) is 13.5 Å². The van der Waals surface area contributed by atoms with Gasteiger partial charge in [-0.25, -0.2) is 4.98 Å². The summed E-state index contributed by atoms with van der Waals surface area (Å²) >= 11 is 0. The summed E-state index contributed by atoms with van der Waals surface area (Å²) in [7, 11) is 0. The minimum Gasteiger partial charge on any atom is -0.345 e. The van der Waals surface area contributed by atoms with Gasteiger partial charge in [-0.1, -0.05) is 11.8 Å². The van der Waals surface area contributed by atoms with Crippen LogP contribution >= 0.6 is 0 Å². The summed E-state index contributed by atoms with van der Waals surface area (Å²) < 4.78 is 0. The smallest absolute Gasteiger partial charge is 0.251 e. The number of hydrogen-bond acceptors (Lipinski definition) is 4. The molecular weight excluding hydrogens is 254 g/mol. The van der Waals surface area contributed by atoms with Crippen molar-refractivity contribution in [3.05, 3.63) is 47.0 Å². The van der Waals surface area contributed by atoms with Crippen LogP contribution in [0.3, 0.4) is 0 Å². The van der Waals surface area contributed by atoms with E-state index in [1.165, 1.54) is 6.33 Å². The van der Waals surface area contributed by atoms with Crippen molar-refractivity contribution in [2.24, 2.45) is 5.73 Å². The first-order valence-electron chi connectivity index (χ1n) is 6.12. The molecule has 0 saturated carbocycles. The van der Waals surface area contributed by atoms with Gasteiger partial charge in [-0.05, 0) is 30.7 Å². The number of carbonyl (C=O) groups excluding carboxylic acids is 1. The van der Waals surface area contributed by atoms with Crippen LogP contribution in [0, 0.1) is 18.8 Å². The number of nitrogens with zero attached hydrogens (tertiary/aromatic N) is 2. The van der Waals surface area contributed by atoms with Crippen molar-refractivity contribution in [1.82, 2.24) is 20.5 Å². The number of aryl methyl sites for hydroxylation is 1. The van der Waals surface area contributed by atoms with E-state index in [0.29, 0.717) is 24.5 Å². The zero-order chi connectivity index (χ0) is 14.4. The maximum absolute atomic E-state index is 12.0. The lowest BCUT2D eigenvalue weighted by atomic mass is 10.0. The Kier molecular flexibility index (Phi) is 4.47. The average Bonchev–Trinajstić information content (AvgIpc) is 2.96. The lowest BCUT2D eigenvalue weighted by Crippen LogP contribution is -2.23. The van der Waals surface area contributed by atoms with Gasteiger partial charge < -0.3 is 11.1 Å². The third kappa shape index (κ3) is 3.43. The van der Waals surface area contributed by atoms with Crippen molar-refractivity contribution in [3.8, 4) is 11.8 Å². The minimum absolute atomic E-state index is 0.164. The highest BCUT2D eigenvalue weighted by atomic mass is 16.1. The molecule has 1 aromatic heterocycles. The number of nitrogens with one attached hydrogen (secondary N) is 2. The van der Waals surface area contributed by atoms with E-state index < -0.39 is 0 Å². The van der Waals surface area contributed by atoms with E-state index in [1.807, 2.05) is 13.0 Å². The van der Waals surface area contributed by atoms with E-state index in [-0.39, 0.29) is 5.91 Å². The van der Waals surface area contributed by atoms with Crippen LogP contribution < -0.4 is 11.1 Å². The molecule has 0 aliphatic rings. The summed E-state index contributed by atoms with van der Waals surface area (Å²) in [6, 6.07) is 5.36. The third-order valence-electron chi connectivity index (χ3n) is 2.70. The van der Waals surface area contributed by atoms with Crippen LogP contribution in [0.4, 0.5) is 0 Å². The Morgan fingerprint density at radius 3 is 3.00 bits per heavy atom. The summed E-state index contributed by atoms with van der Waals surface area (Å²) in [4.78, 5) is 15.9. The van der Waals surface area contributed by atoms with Gasteiger partial charge in [-0.2, -0.15) is 5.10 Å². The third-order valence-corrected chi connectivity index (χ3v) is 2.70. The summed E-state index contributed by atoms with van der Waals surface area (Å²) in [5, 5.41) is 9.16. The molecule has 6 heteroatoms. The van der Waals surface area contributed by atoms with Gasteiger partial charge in [-0.15, -0.1) is 0 Å². The maximum atomic E-state index is 12.0. The summed E-state index contributed by atoms with van der Waals surface area (Å²) in [6.45, 7) is 2.54. The second-order valence-electron chi connectivity index (χ2n) is 4.15. The predicted octanol–water partition coefficient (Wildman–Crippen LogP) is 0.353. The Balaban J connectivity index is 2.05. The van der Waals surface area contributed by atoms with Gasteiger partial charge in [-0.3, -0.25) is 9.89 Å². The largest absolute Gasteiger partial charge is 0.345 e. The van der Waals surface area contributed by atoms with Crippen LogP contribution in [0.15, 0.2) is 24.5 Å². The van der Waals surface area contributed by atoms with Crippen LogP contribution in [0.25, 0.3) is 0 Å². The summed E-state index contributed by atoms with van der Waals surface area (Å²) in [5.41, 5.74) is 7.74.